The van der Waals surface area contributed by atoms with E-state index in [-0.39, 0.29) is 5.92 Å². The summed E-state index contributed by atoms with van der Waals surface area (Å²) in [6.07, 6.45) is 3.33. The average Bonchev–Trinajstić information content (AvgIpc) is 3.09. The lowest BCUT2D eigenvalue weighted by molar-refractivity contribution is -0.149. The number of carbonyl (C=O) groups is 1. The molecule has 1 saturated carbocycles. The maximum atomic E-state index is 11.6. The SMILES string of the molecule is CCC(CC)(C(=O)O)n1nnnc1C(C)C1CC1. The second kappa shape index (κ2) is 4.66. The number of rotatable bonds is 6. The molecule has 1 aromatic rings. The van der Waals surface area contributed by atoms with Crippen LogP contribution in [0.1, 0.15) is 58.2 Å². The summed E-state index contributed by atoms with van der Waals surface area (Å²) in [5, 5.41) is 21.3. The molecule has 18 heavy (non-hydrogen) atoms. The quantitative estimate of drug-likeness (QED) is 0.834. The van der Waals surface area contributed by atoms with Crippen LogP contribution in [0.15, 0.2) is 0 Å². The highest BCUT2D eigenvalue weighted by Crippen LogP contribution is 2.42. The third-order valence-electron chi connectivity index (χ3n) is 4.20. The van der Waals surface area contributed by atoms with Crippen molar-refractivity contribution in [2.75, 3.05) is 0 Å². The predicted molar refractivity (Wildman–Crippen MR) is 65.1 cm³/mol. The molecule has 1 fully saturated rings. The first-order valence-electron chi connectivity index (χ1n) is 6.59. The van der Waals surface area contributed by atoms with E-state index in [1.807, 2.05) is 13.8 Å². The van der Waals surface area contributed by atoms with Crippen LogP contribution in [0, 0.1) is 5.92 Å². The zero-order valence-corrected chi connectivity index (χ0v) is 11.1. The largest absolute Gasteiger partial charge is 0.479 e. The van der Waals surface area contributed by atoms with Gasteiger partial charge in [-0.3, -0.25) is 0 Å². The van der Waals surface area contributed by atoms with Gasteiger partial charge in [-0.05, 0) is 42.0 Å². The van der Waals surface area contributed by atoms with Crippen LogP contribution < -0.4 is 0 Å². The fourth-order valence-corrected chi connectivity index (χ4v) is 2.53. The second-order valence-electron chi connectivity index (χ2n) is 5.12. The van der Waals surface area contributed by atoms with Gasteiger partial charge in [-0.1, -0.05) is 20.8 Å². The van der Waals surface area contributed by atoms with Crippen molar-refractivity contribution in [3.63, 3.8) is 0 Å². The third kappa shape index (κ3) is 1.89. The summed E-state index contributed by atoms with van der Waals surface area (Å²) < 4.78 is 1.54. The number of aromatic nitrogens is 4. The summed E-state index contributed by atoms with van der Waals surface area (Å²) in [5.41, 5.74) is -1.01. The Labute approximate surface area is 106 Å². The normalized spacial score (nSPS) is 17.7. The molecule has 1 unspecified atom stereocenters. The third-order valence-corrected chi connectivity index (χ3v) is 4.20. The average molecular weight is 252 g/mol. The Morgan fingerprint density at radius 1 is 1.50 bits per heavy atom. The van der Waals surface area contributed by atoms with E-state index in [9.17, 15) is 9.90 Å². The van der Waals surface area contributed by atoms with Gasteiger partial charge in [0.2, 0.25) is 0 Å². The first-order chi connectivity index (χ1) is 8.56. The van der Waals surface area contributed by atoms with Crippen molar-refractivity contribution in [3.8, 4) is 0 Å². The maximum absolute atomic E-state index is 11.6. The fraction of sp³-hybridized carbons (Fsp3) is 0.833. The molecule has 1 aliphatic rings. The van der Waals surface area contributed by atoms with Crippen LogP contribution in [-0.2, 0) is 10.3 Å². The van der Waals surface area contributed by atoms with Gasteiger partial charge in [0.1, 0.15) is 0 Å². The van der Waals surface area contributed by atoms with E-state index in [1.54, 1.807) is 0 Å². The highest BCUT2D eigenvalue weighted by Gasteiger charge is 2.43. The fourth-order valence-electron chi connectivity index (χ4n) is 2.53. The molecular formula is C12H20N4O2. The Bertz CT molecular complexity index is 435. The number of tetrazole rings is 1. The van der Waals surface area contributed by atoms with E-state index >= 15 is 0 Å². The number of hydrogen-bond acceptors (Lipinski definition) is 4. The van der Waals surface area contributed by atoms with Gasteiger partial charge >= 0.3 is 5.97 Å². The first kappa shape index (κ1) is 13.0. The zero-order valence-electron chi connectivity index (χ0n) is 11.1. The Morgan fingerprint density at radius 2 is 2.11 bits per heavy atom. The van der Waals surface area contributed by atoms with Crippen LogP contribution in [0.25, 0.3) is 0 Å². The van der Waals surface area contributed by atoms with Gasteiger partial charge in [0.25, 0.3) is 0 Å². The number of hydrogen-bond donors (Lipinski definition) is 1. The molecule has 2 rings (SSSR count). The molecule has 0 spiro atoms. The minimum absolute atomic E-state index is 0.233. The van der Waals surface area contributed by atoms with Crippen molar-refractivity contribution in [3.05, 3.63) is 5.82 Å². The Hall–Kier alpha value is -1.46. The molecule has 6 nitrogen and oxygen atoms in total. The molecule has 0 aromatic carbocycles. The van der Waals surface area contributed by atoms with Gasteiger partial charge in [-0.2, -0.15) is 0 Å². The molecule has 1 atom stereocenters. The molecule has 100 valence electrons. The summed E-state index contributed by atoms with van der Waals surface area (Å²) in [4.78, 5) is 11.6. The van der Waals surface area contributed by atoms with Crippen molar-refractivity contribution in [1.29, 1.82) is 0 Å². The van der Waals surface area contributed by atoms with E-state index in [0.29, 0.717) is 24.6 Å². The van der Waals surface area contributed by atoms with Gasteiger partial charge in [0, 0.05) is 5.92 Å². The monoisotopic (exact) mass is 252 g/mol. The second-order valence-corrected chi connectivity index (χ2v) is 5.12. The number of aliphatic carboxylic acids is 1. The molecule has 0 saturated heterocycles. The summed E-state index contributed by atoms with van der Waals surface area (Å²) >= 11 is 0. The van der Waals surface area contributed by atoms with Crippen molar-refractivity contribution >= 4 is 5.97 Å². The molecular weight excluding hydrogens is 232 g/mol. The molecule has 1 heterocycles. The van der Waals surface area contributed by atoms with Crippen LogP contribution in [0.2, 0.25) is 0 Å². The lowest BCUT2D eigenvalue weighted by Crippen LogP contribution is -2.43. The lowest BCUT2D eigenvalue weighted by Gasteiger charge is -2.28. The molecule has 0 bridgehead atoms. The summed E-state index contributed by atoms with van der Waals surface area (Å²) in [6, 6.07) is 0. The minimum Gasteiger partial charge on any atom is -0.479 e. The molecule has 1 aromatic heterocycles. The molecule has 1 N–H and O–H groups in total. The van der Waals surface area contributed by atoms with Crippen molar-refractivity contribution in [2.24, 2.45) is 5.92 Å². The summed E-state index contributed by atoms with van der Waals surface area (Å²) in [6.45, 7) is 5.81. The smallest absolute Gasteiger partial charge is 0.331 e. The van der Waals surface area contributed by atoms with Crippen molar-refractivity contribution < 1.29 is 9.90 Å². The zero-order chi connectivity index (χ0) is 13.3. The molecule has 6 heteroatoms. The molecule has 0 aliphatic heterocycles. The van der Waals surface area contributed by atoms with Crippen LogP contribution in [0.5, 0.6) is 0 Å². The maximum Gasteiger partial charge on any atom is 0.331 e. The van der Waals surface area contributed by atoms with Crippen LogP contribution >= 0.6 is 0 Å². The summed E-state index contributed by atoms with van der Waals surface area (Å²) in [7, 11) is 0. The van der Waals surface area contributed by atoms with Crippen LogP contribution in [-0.4, -0.2) is 31.3 Å². The van der Waals surface area contributed by atoms with E-state index in [0.717, 1.165) is 0 Å². The highest BCUT2D eigenvalue weighted by molar-refractivity contribution is 5.76. The van der Waals surface area contributed by atoms with Crippen molar-refractivity contribution in [1.82, 2.24) is 20.2 Å². The van der Waals surface area contributed by atoms with Crippen LogP contribution in [0.4, 0.5) is 0 Å². The van der Waals surface area contributed by atoms with Gasteiger partial charge in [-0.15, -0.1) is 5.10 Å². The number of nitrogens with zero attached hydrogens (tertiary/aromatic N) is 4. The first-order valence-corrected chi connectivity index (χ1v) is 6.59. The highest BCUT2D eigenvalue weighted by atomic mass is 16.4. The van der Waals surface area contributed by atoms with Crippen molar-refractivity contribution in [2.45, 2.75) is 57.9 Å². The standard InChI is InChI=1S/C12H20N4O2/c1-4-12(5-2,11(17)18)16-10(13-14-15-16)8(3)9-6-7-9/h8-9H,4-7H2,1-3H3,(H,17,18). The Morgan fingerprint density at radius 3 is 2.56 bits per heavy atom. The topological polar surface area (TPSA) is 80.9 Å². The van der Waals surface area contributed by atoms with E-state index in [4.69, 9.17) is 0 Å². The van der Waals surface area contributed by atoms with Gasteiger partial charge in [-0.25, -0.2) is 9.48 Å². The van der Waals surface area contributed by atoms with Gasteiger partial charge in [0.05, 0.1) is 0 Å². The minimum atomic E-state index is -1.01. The molecule has 0 radical (unpaired) electrons. The summed E-state index contributed by atoms with van der Waals surface area (Å²) in [5.74, 6) is 0.694. The van der Waals surface area contributed by atoms with Gasteiger partial charge in [0.15, 0.2) is 11.4 Å². The lowest BCUT2D eigenvalue weighted by atomic mass is 9.92. The number of carboxylic acid groups (broad SMARTS) is 1. The van der Waals surface area contributed by atoms with Crippen LogP contribution in [0.3, 0.4) is 0 Å². The predicted octanol–water partition coefficient (Wildman–Crippen LogP) is 1.79. The Kier molecular flexibility index (Phi) is 3.36. The van der Waals surface area contributed by atoms with Gasteiger partial charge < -0.3 is 5.11 Å². The molecule has 1 aliphatic carbocycles. The van der Waals surface area contributed by atoms with E-state index in [1.165, 1.54) is 17.5 Å². The number of carboxylic acids is 1. The van der Waals surface area contributed by atoms with E-state index in [2.05, 4.69) is 22.4 Å². The van der Waals surface area contributed by atoms with E-state index < -0.39 is 11.5 Å². The molecule has 0 amide bonds. The Balaban J connectivity index is 2.42.